The van der Waals surface area contributed by atoms with Crippen LogP contribution in [0.5, 0.6) is 0 Å². The van der Waals surface area contributed by atoms with Gasteiger partial charge in [0, 0.05) is 50.3 Å². The Morgan fingerprint density at radius 3 is 2.86 bits per heavy atom. The third-order valence-electron chi connectivity index (χ3n) is 3.75. The minimum atomic E-state index is 0.639. The Morgan fingerprint density at radius 2 is 2.09 bits per heavy atom. The molecule has 114 valence electrons. The van der Waals surface area contributed by atoms with E-state index in [0.29, 0.717) is 5.56 Å². The van der Waals surface area contributed by atoms with Crippen molar-refractivity contribution >= 4 is 22.5 Å². The molecule has 6 nitrogen and oxygen atoms in total. The molecule has 2 aromatic rings. The van der Waals surface area contributed by atoms with Gasteiger partial charge in [-0.15, -0.1) is 0 Å². The summed E-state index contributed by atoms with van der Waals surface area (Å²) in [4.78, 5) is 13.4. The monoisotopic (exact) mass is 314 g/mol. The first-order chi connectivity index (χ1) is 10.8. The van der Waals surface area contributed by atoms with Crippen molar-refractivity contribution in [3.63, 3.8) is 0 Å². The number of aromatic nitrogens is 3. The minimum absolute atomic E-state index is 0.639. The van der Waals surface area contributed by atoms with Crippen molar-refractivity contribution in [1.82, 2.24) is 14.3 Å². The molecule has 0 spiro atoms. The number of rotatable bonds is 3. The Morgan fingerprint density at radius 1 is 1.27 bits per heavy atom. The number of aryl methyl sites for hydroxylation is 1. The van der Waals surface area contributed by atoms with Crippen LogP contribution in [-0.2, 0) is 6.42 Å². The fraction of sp³-hybridized carbons (Fsp3) is 0.467. The Balaban J connectivity index is 1.73. The van der Waals surface area contributed by atoms with Gasteiger partial charge in [0.2, 0.25) is 5.13 Å². The molecule has 0 aliphatic carbocycles. The zero-order valence-corrected chi connectivity index (χ0v) is 13.4. The van der Waals surface area contributed by atoms with Crippen molar-refractivity contribution < 1.29 is 0 Å². The van der Waals surface area contributed by atoms with Gasteiger partial charge >= 0.3 is 0 Å². The summed E-state index contributed by atoms with van der Waals surface area (Å²) < 4.78 is 4.36. The highest BCUT2D eigenvalue weighted by Gasteiger charge is 2.20. The summed E-state index contributed by atoms with van der Waals surface area (Å²) >= 11 is 1.47. The zero-order valence-electron chi connectivity index (χ0n) is 12.6. The summed E-state index contributed by atoms with van der Waals surface area (Å²) in [6.07, 6.45) is 3.63. The molecule has 0 radical (unpaired) electrons. The largest absolute Gasteiger partial charge is 0.354 e. The van der Waals surface area contributed by atoms with E-state index in [1.165, 1.54) is 11.5 Å². The molecule has 0 aromatic carbocycles. The Labute approximate surface area is 134 Å². The van der Waals surface area contributed by atoms with Crippen LogP contribution in [0.25, 0.3) is 0 Å². The molecule has 22 heavy (non-hydrogen) atoms. The molecule has 2 aromatic heterocycles. The van der Waals surface area contributed by atoms with Crippen molar-refractivity contribution in [2.75, 3.05) is 36.0 Å². The van der Waals surface area contributed by atoms with Gasteiger partial charge in [-0.25, -0.2) is 9.97 Å². The molecule has 0 N–H and O–H groups in total. The standard InChI is InChI=1S/C15H18N6S/c1-2-13-18-15(22-19-13)21-8-4-7-20(9-10-21)14-12(11-16)5-3-6-17-14/h3,5-6H,2,4,7-10H2,1H3. The molecule has 0 unspecified atom stereocenters. The Bertz CT molecular complexity index is 677. The molecule has 0 bridgehead atoms. The summed E-state index contributed by atoms with van der Waals surface area (Å²) in [6, 6.07) is 5.86. The molecule has 0 saturated carbocycles. The highest BCUT2D eigenvalue weighted by atomic mass is 32.1. The Kier molecular flexibility index (Phi) is 4.49. The normalized spacial score (nSPS) is 15.5. The van der Waals surface area contributed by atoms with Crippen LogP contribution in [0.3, 0.4) is 0 Å². The van der Waals surface area contributed by atoms with E-state index in [-0.39, 0.29) is 0 Å². The van der Waals surface area contributed by atoms with Crippen LogP contribution in [0.15, 0.2) is 18.3 Å². The third kappa shape index (κ3) is 3.02. The van der Waals surface area contributed by atoms with Crippen molar-refractivity contribution in [1.29, 1.82) is 5.26 Å². The van der Waals surface area contributed by atoms with Crippen LogP contribution in [0.4, 0.5) is 10.9 Å². The lowest BCUT2D eigenvalue weighted by atomic mass is 10.2. The van der Waals surface area contributed by atoms with E-state index in [0.717, 1.165) is 55.8 Å². The predicted octanol–water partition coefficient (Wildman–Crippen LogP) is 2.08. The second-order valence-corrected chi connectivity index (χ2v) is 5.89. The predicted molar refractivity (Wildman–Crippen MR) is 87.3 cm³/mol. The van der Waals surface area contributed by atoms with Crippen LogP contribution in [0.2, 0.25) is 0 Å². The van der Waals surface area contributed by atoms with Crippen molar-refractivity contribution in [3.05, 3.63) is 29.7 Å². The minimum Gasteiger partial charge on any atom is -0.354 e. The van der Waals surface area contributed by atoms with Crippen LogP contribution in [-0.4, -0.2) is 40.5 Å². The van der Waals surface area contributed by atoms with Gasteiger partial charge in [-0.2, -0.15) is 9.64 Å². The molecule has 1 aliphatic rings. The fourth-order valence-corrected chi connectivity index (χ4v) is 3.37. The number of pyridine rings is 1. The third-order valence-corrected chi connectivity index (χ3v) is 4.56. The maximum absolute atomic E-state index is 9.24. The number of hydrogen-bond acceptors (Lipinski definition) is 7. The van der Waals surface area contributed by atoms with E-state index in [9.17, 15) is 5.26 Å². The average Bonchev–Trinajstić information content (AvgIpc) is 2.92. The van der Waals surface area contributed by atoms with Crippen molar-refractivity contribution in [2.45, 2.75) is 19.8 Å². The second kappa shape index (κ2) is 6.71. The summed E-state index contributed by atoms with van der Waals surface area (Å²) in [6.45, 7) is 5.65. The maximum Gasteiger partial charge on any atom is 0.205 e. The van der Waals surface area contributed by atoms with Gasteiger partial charge in [-0.05, 0) is 18.6 Å². The first kappa shape index (κ1) is 14.7. The van der Waals surface area contributed by atoms with Crippen LogP contribution < -0.4 is 9.80 Å². The molecule has 3 heterocycles. The molecule has 1 aliphatic heterocycles. The fourth-order valence-electron chi connectivity index (χ4n) is 2.57. The molecule has 3 rings (SSSR count). The van der Waals surface area contributed by atoms with Crippen LogP contribution in [0.1, 0.15) is 24.7 Å². The smallest absolute Gasteiger partial charge is 0.205 e. The van der Waals surface area contributed by atoms with Gasteiger partial charge in [0.05, 0.1) is 5.56 Å². The average molecular weight is 314 g/mol. The van der Waals surface area contributed by atoms with E-state index >= 15 is 0 Å². The quantitative estimate of drug-likeness (QED) is 0.864. The van der Waals surface area contributed by atoms with Gasteiger partial charge in [0.25, 0.3) is 0 Å². The molecule has 1 saturated heterocycles. The second-order valence-electron chi connectivity index (χ2n) is 5.16. The number of nitrogens with zero attached hydrogens (tertiary/aromatic N) is 6. The van der Waals surface area contributed by atoms with E-state index in [2.05, 4.69) is 37.1 Å². The summed E-state index contributed by atoms with van der Waals surface area (Å²) in [5, 5.41) is 10.2. The molecule has 0 amide bonds. The van der Waals surface area contributed by atoms with Gasteiger partial charge in [0.1, 0.15) is 17.7 Å². The summed E-state index contributed by atoms with van der Waals surface area (Å²) in [7, 11) is 0. The lowest BCUT2D eigenvalue weighted by Gasteiger charge is -2.22. The summed E-state index contributed by atoms with van der Waals surface area (Å²) in [5.74, 6) is 1.70. The number of anilines is 2. The molecule has 1 fully saturated rings. The van der Waals surface area contributed by atoms with Gasteiger partial charge < -0.3 is 9.80 Å². The molecular weight excluding hydrogens is 296 g/mol. The van der Waals surface area contributed by atoms with Crippen molar-refractivity contribution in [2.24, 2.45) is 0 Å². The Hall–Kier alpha value is -2.20. The van der Waals surface area contributed by atoms with Crippen molar-refractivity contribution in [3.8, 4) is 6.07 Å². The molecule has 7 heteroatoms. The van der Waals surface area contributed by atoms with Gasteiger partial charge in [0.15, 0.2) is 0 Å². The first-order valence-corrected chi connectivity index (χ1v) is 8.26. The molecular formula is C15H18N6S. The van der Waals surface area contributed by atoms with E-state index in [1.54, 1.807) is 12.3 Å². The highest BCUT2D eigenvalue weighted by Crippen LogP contribution is 2.22. The topological polar surface area (TPSA) is 68.9 Å². The maximum atomic E-state index is 9.24. The first-order valence-electron chi connectivity index (χ1n) is 7.49. The van der Waals surface area contributed by atoms with Crippen LogP contribution in [0, 0.1) is 11.3 Å². The lowest BCUT2D eigenvalue weighted by molar-refractivity contribution is 0.795. The van der Waals surface area contributed by atoms with Gasteiger partial charge in [-0.1, -0.05) is 6.92 Å². The number of hydrogen-bond donors (Lipinski definition) is 0. The van der Waals surface area contributed by atoms with Gasteiger partial charge in [-0.3, -0.25) is 0 Å². The summed E-state index contributed by atoms with van der Waals surface area (Å²) in [5.41, 5.74) is 0.639. The van der Waals surface area contributed by atoms with E-state index in [1.807, 2.05) is 6.07 Å². The highest BCUT2D eigenvalue weighted by molar-refractivity contribution is 7.09. The van der Waals surface area contributed by atoms with E-state index < -0.39 is 0 Å². The molecule has 0 atom stereocenters. The SMILES string of the molecule is CCc1nsc(N2CCCN(c3ncccc3C#N)CC2)n1. The van der Waals surface area contributed by atoms with E-state index in [4.69, 9.17) is 0 Å². The zero-order chi connectivity index (χ0) is 15.4. The lowest BCUT2D eigenvalue weighted by Crippen LogP contribution is -2.31. The van der Waals surface area contributed by atoms with Crippen LogP contribution >= 0.6 is 11.5 Å². The number of nitriles is 1.